The van der Waals surface area contributed by atoms with E-state index in [9.17, 15) is 0 Å². The number of hydrogen-bond acceptors (Lipinski definition) is 3. The van der Waals surface area contributed by atoms with Gasteiger partial charge in [0.25, 0.3) is 0 Å². The van der Waals surface area contributed by atoms with Gasteiger partial charge in [-0.05, 0) is 18.9 Å². The summed E-state index contributed by atoms with van der Waals surface area (Å²) in [6, 6.07) is 2.27. The molecule has 2 aromatic rings. The van der Waals surface area contributed by atoms with Crippen LogP contribution >= 0.6 is 11.6 Å². The summed E-state index contributed by atoms with van der Waals surface area (Å²) in [5.41, 5.74) is 7.60. The third-order valence-electron chi connectivity index (χ3n) is 3.21. The molecule has 0 spiro atoms. The Morgan fingerprint density at radius 3 is 2.88 bits per heavy atom. The minimum Gasteiger partial charge on any atom is -0.369 e. The van der Waals surface area contributed by atoms with Crippen molar-refractivity contribution in [1.29, 1.82) is 0 Å². The summed E-state index contributed by atoms with van der Waals surface area (Å²) < 4.78 is 2.05. The topological polar surface area (TPSA) is 56.7 Å². The molecule has 0 unspecified atom stereocenters. The van der Waals surface area contributed by atoms with Gasteiger partial charge in [-0.15, -0.1) is 0 Å². The van der Waals surface area contributed by atoms with E-state index in [0.717, 1.165) is 11.2 Å². The number of fused-ring (bicyclic) bond motifs is 1. The van der Waals surface area contributed by atoms with Crippen molar-refractivity contribution in [3.05, 3.63) is 17.3 Å². The Balaban J connectivity index is 2.18. The van der Waals surface area contributed by atoms with Gasteiger partial charge in [-0.3, -0.25) is 4.57 Å². The third kappa shape index (κ3) is 1.45. The van der Waals surface area contributed by atoms with Crippen LogP contribution in [0.25, 0.3) is 11.2 Å². The zero-order valence-electron chi connectivity index (χ0n) is 8.86. The van der Waals surface area contributed by atoms with E-state index in [2.05, 4.69) is 14.5 Å². The zero-order valence-corrected chi connectivity index (χ0v) is 9.61. The van der Waals surface area contributed by atoms with E-state index in [1.165, 1.54) is 25.7 Å². The van der Waals surface area contributed by atoms with Crippen LogP contribution in [-0.2, 0) is 0 Å². The second-order valence-electron chi connectivity index (χ2n) is 4.27. The highest BCUT2D eigenvalue weighted by molar-refractivity contribution is 6.31. The van der Waals surface area contributed by atoms with Crippen molar-refractivity contribution >= 4 is 28.7 Å². The molecular weight excluding hydrogens is 224 g/mol. The molecule has 0 bridgehead atoms. The van der Waals surface area contributed by atoms with Gasteiger partial charge in [-0.25, -0.2) is 9.97 Å². The van der Waals surface area contributed by atoms with Crippen LogP contribution in [0.4, 0.5) is 5.95 Å². The Kier molecular flexibility index (Phi) is 2.24. The van der Waals surface area contributed by atoms with Crippen molar-refractivity contribution in [3.63, 3.8) is 0 Å². The van der Waals surface area contributed by atoms with E-state index in [0.29, 0.717) is 17.0 Å². The molecular formula is C11H13ClN4. The Labute approximate surface area is 98.4 Å². The highest BCUT2D eigenvalue weighted by Crippen LogP contribution is 2.34. The number of aromatic nitrogens is 3. The number of anilines is 1. The highest BCUT2D eigenvalue weighted by Gasteiger charge is 2.22. The van der Waals surface area contributed by atoms with Gasteiger partial charge in [-0.2, -0.15) is 0 Å². The van der Waals surface area contributed by atoms with E-state index in [1.54, 1.807) is 6.20 Å². The van der Waals surface area contributed by atoms with E-state index >= 15 is 0 Å². The zero-order chi connectivity index (χ0) is 11.1. The van der Waals surface area contributed by atoms with Crippen molar-refractivity contribution in [2.75, 3.05) is 5.73 Å². The molecule has 5 heteroatoms. The normalized spacial score (nSPS) is 17.3. The Bertz CT molecular complexity index is 528. The number of pyridine rings is 1. The molecule has 1 aliphatic carbocycles. The second kappa shape index (κ2) is 3.63. The number of nitrogens with zero attached hydrogens (tertiary/aromatic N) is 3. The van der Waals surface area contributed by atoms with E-state index in [4.69, 9.17) is 17.3 Å². The van der Waals surface area contributed by atoms with Crippen LogP contribution in [0, 0.1) is 0 Å². The quantitative estimate of drug-likeness (QED) is 0.828. The molecule has 3 rings (SSSR count). The predicted molar refractivity (Wildman–Crippen MR) is 64.5 cm³/mol. The third-order valence-corrected chi connectivity index (χ3v) is 3.42. The smallest absolute Gasteiger partial charge is 0.202 e. The maximum atomic E-state index is 5.95. The summed E-state index contributed by atoms with van der Waals surface area (Å²) in [5, 5.41) is 0.601. The summed E-state index contributed by atoms with van der Waals surface area (Å²) in [6.45, 7) is 0. The van der Waals surface area contributed by atoms with Crippen LogP contribution < -0.4 is 5.73 Å². The minimum atomic E-state index is 0.457. The lowest BCUT2D eigenvalue weighted by Crippen LogP contribution is -2.09. The number of halogens is 1. The molecule has 2 heterocycles. The molecule has 0 aliphatic heterocycles. The lowest BCUT2D eigenvalue weighted by molar-refractivity contribution is 0.536. The van der Waals surface area contributed by atoms with Crippen LogP contribution in [0.15, 0.2) is 12.3 Å². The largest absolute Gasteiger partial charge is 0.369 e. The molecule has 2 aromatic heterocycles. The molecule has 0 aromatic carbocycles. The molecule has 1 saturated carbocycles. The molecule has 1 fully saturated rings. The van der Waals surface area contributed by atoms with E-state index < -0.39 is 0 Å². The summed E-state index contributed by atoms with van der Waals surface area (Å²) in [6.07, 6.45) is 6.51. The number of nitrogens with two attached hydrogens (primary N) is 1. The van der Waals surface area contributed by atoms with Gasteiger partial charge in [0, 0.05) is 12.2 Å². The molecule has 16 heavy (non-hydrogen) atoms. The molecule has 0 saturated heterocycles. The van der Waals surface area contributed by atoms with Crippen molar-refractivity contribution < 1.29 is 0 Å². The van der Waals surface area contributed by atoms with Gasteiger partial charge in [0.15, 0.2) is 5.65 Å². The first-order valence-electron chi connectivity index (χ1n) is 5.54. The van der Waals surface area contributed by atoms with Crippen LogP contribution in [-0.4, -0.2) is 14.5 Å². The highest BCUT2D eigenvalue weighted by atomic mass is 35.5. The lowest BCUT2D eigenvalue weighted by atomic mass is 10.2. The van der Waals surface area contributed by atoms with Crippen molar-refractivity contribution in [2.45, 2.75) is 31.7 Å². The summed E-state index contributed by atoms with van der Waals surface area (Å²) in [5.74, 6) is 0.552. The Hall–Kier alpha value is -1.29. The fraction of sp³-hybridized carbons (Fsp3) is 0.455. The fourth-order valence-corrected chi connectivity index (χ4v) is 2.65. The Morgan fingerprint density at radius 1 is 1.38 bits per heavy atom. The molecule has 4 nitrogen and oxygen atoms in total. The first kappa shape index (κ1) is 9.90. The van der Waals surface area contributed by atoms with Crippen LogP contribution in [0.2, 0.25) is 5.02 Å². The predicted octanol–water partition coefficient (Wildman–Crippen LogP) is 2.78. The Morgan fingerprint density at radius 2 is 2.12 bits per heavy atom. The van der Waals surface area contributed by atoms with Crippen LogP contribution in [0.1, 0.15) is 31.7 Å². The van der Waals surface area contributed by atoms with Crippen molar-refractivity contribution in [3.8, 4) is 0 Å². The molecule has 0 radical (unpaired) electrons. The molecule has 0 amide bonds. The minimum absolute atomic E-state index is 0.457. The van der Waals surface area contributed by atoms with E-state index in [1.807, 2.05) is 6.07 Å². The molecule has 84 valence electrons. The number of hydrogen-bond donors (Lipinski definition) is 1. The average Bonchev–Trinajstić information content (AvgIpc) is 2.83. The van der Waals surface area contributed by atoms with Gasteiger partial charge >= 0.3 is 0 Å². The first-order chi connectivity index (χ1) is 7.75. The van der Waals surface area contributed by atoms with Gasteiger partial charge in [0.2, 0.25) is 5.95 Å². The van der Waals surface area contributed by atoms with Gasteiger partial charge in [0.1, 0.15) is 5.52 Å². The maximum Gasteiger partial charge on any atom is 0.202 e. The number of nitrogen functional groups attached to an aromatic ring is 1. The van der Waals surface area contributed by atoms with Crippen molar-refractivity contribution in [1.82, 2.24) is 14.5 Å². The maximum absolute atomic E-state index is 5.95. The van der Waals surface area contributed by atoms with Gasteiger partial charge in [-0.1, -0.05) is 24.4 Å². The number of rotatable bonds is 1. The summed E-state index contributed by atoms with van der Waals surface area (Å²) >= 11 is 5.89. The number of imidazole rings is 1. The average molecular weight is 237 g/mol. The standard InChI is InChI=1S/C11H13ClN4/c12-7-5-9-10(14-6-7)16(11(13)15-9)8-3-1-2-4-8/h5-6,8H,1-4H2,(H2,13,15). The van der Waals surface area contributed by atoms with E-state index in [-0.39, 0.29) is 0 Å². The molecule has 0 atom stereocenters. The first-order valence-corrected chi connectivity index (χ1v) is 5.92. The molecule has 2 N–H and O–H groups in total. The summed E-state index contributed by atoms with van der Waals surface area (Å²) in [7, 11) is 0. The lowest BCUT2D eigenvalue weighted by Gasteiger charge is -2.13. The monoisotopic (exact) mass is 236 g/mol. The molecule has 1 aliphatic rings. The van der Waals surface area contributed by atoms with Gasteiger partial charge < -0.3 is 5.73 Å². The second-order valence-corrected chi connectivity index (χ2v) is 4.71. The van der Waals surface area contributed by atoms with Crippen LogP contribution in [0.3, 0.4) is 0 Å². The van der Waals surface area contributed by atoms with Gasteiger partial charge in [0.05, 0.1) is 5.02 Å². The van der Waals surface area contributed by atoms with Crippen molar-refractivity contribution in [2.24, 2.45) is 0 Å². The van der Waals surface area contributed by atoms with Crippen LogP contribution in [0.5, 0.6) is 0 Å². The fourth-order valence-electron chi connectivity index (χ4n) is 2.50. The SMILES string of the molecule is Nc1nc2cc(Cl)cnc2n1C1CCCC1. The summed E-state index contributed by atoms with van der Waals surface area (Å²) in [4.78, 5) is 8.65.